The quantitative estimate of drug-likeness (QED) is 0.220. The lowest BCUT2D eigenvalue weighted by molar-refractivity contribution is -0.242. The Hall–Kier alpha value is -1.32. The summed E-state index contributed by atoms with van der Waals surface area (Å²) in [5.41, 5.74) is 5.37. The maximum Gasteiger partial charge on any atom is 0.307 e. The van der Waals surface area contributed by atoms with E-state index in [0.717, 1.165) is 4.90 Å². The van der Waals surface area contributed by atoms with E-state index in [9.17, 15) is 14.4 Å². The third-order valence-electron chi connectivity index (χ3n) is 6.21. The smallest absolute Gasteiger partial charge is 0.307 e. The number of imide groups is 1. The molecular weight excluding hydrogens is 496 g/mol. The maximum absolute atomic E-state index is 12.6. The number of ether oxygens (including phenoxy) is 7. The Kier molecular flexibility index (Phi) is 8.62. The average molecular weight is 533 g/mol. The first kappa shape index (κ1) is 27.7. The van der Waals surface area contributed by atoms with Gasteiger partial charge in [-0.2, -0.15) is 0 Å². The molecule has 0 bridgehead atoms. The lowest BCUT2D eigenvalue weighted by atomic mass is 9.99. The summed E-state index contributed by atoms with van der Waals surface area (Å²) in [6.45, 7) is 8.41. The molecule has 204 valence electrons. The van der Waals surface area contributed by atoms with Gasteiger partial charge in [-0.05, 0) is 27.7 Å². The van der Waals surface area contributed by atoms with Gasteiger partial charge in [-0.1, -0.05) is 0 Å². The molecule has 0 aliphatic carbocycles. The van der Waals surface area contributed by atoms with Crippen molar-refractivity contribution in [3.63, 3.8) is 0 Å². The van der Waals surface area contributed by atoms with Crippen LogP contribution in [0.4, 0.5) is 0 Å². The number of amides is 2. The van der Waals surface area contributed by atoms with Crippen LogP contribution in [0.5, 0.6) is 0 Å². The monoisotopic (exact) mass is 532 g/mol. The number of hydrogen-bond donors (Lipinski definition) is 1. The van der Waals surface area contributed by atoms with Crippen molar-refractivity contribution in [3.8, 4) is 0 Å². The topological polar surface area (TPSA) is 145 Å². The highest BCUT2D eigenvalue weighted by Crippen LogP contribution is 2.44. The zero-order valence-corrected chi connectivity index (χ0v) is 22.0. The summed E-state index contributed by atoms with van der Waals surface area (Å²) in [6, 6.07) is 0. The summed E-state index contributed by atoms with van der Waals surface area (Å²) >= 11 is 1.37. The molecule has 4 fully saturated rings. The summed E-state index contributed by atoms with van der Waals surface area (Å²) in [6.07, 6.45) is -2.74. The Morgan fingerprint density at radius 3 is 2.50 bits per heavy atom. The molecule has 0 aromatic carbocycles. The molecule has 13 heteroatoms. The maximum atomic E-state index is 12.6. The van der Waals surface area contributed by atoms with Gasteiger partial charge >= 0.3 is 5.97 Å². The van der Waals surface area contributed by atoms with Gasteiger partial charge in [0.15, 0.2) is 17.9 Å². The van der Waals surface area contributed by atoms with E-state index < -0.39 is 53.5 Å². The summed E-state index contributed by atoms with van der Waals surface area (Å²) in [5, 5.41) is -0.462. The fourth-order valence-electron chi connectivity index (χ4n) is 4.73. The van der Waals surface area contributed by atoms with Crippen molar-refractivity contribution in [2.75, 3.05) is 38.7 Å². The molecule has 4 heterocycles. The van der Waals surface area contributed by atoms with Crippen molar-refractivity contribution in [2.45, 2.75) is 88.1 Å². The number of likely N-dealkylation sites (tertiary alicyclic amines) is 1. The van der Waals surface area contributed by atoms with Crippen LogP contribution in [-0.4, -0.2) is 109 Å². The van der Waals surface area contributed by atoms with Gasteiger partial charge in [-0.15, -0.1) is 11.8 Å². The van der Waals surface area contributed by atoms with E-state index in [2.05, 4.69) is 0 Å². The molecule has 0 saturated carbocycles. The van der Waals surface area contributed by atoms with Gasteiger partial charge in [0.05, 0.1) is 24.9 Å². The first-order valence-electron chi connectivity index (χ1n) is 12.3. The lowest BCUT2D eigenvalue weighted by Gasteiger charge is -2.36. The van der Waals surface area contributed by atoms with Crippen LogP contribution in [0.2, 0.25) is 0 Å². The molecule has 4 rings (SSSR count). The second kappa shape index (κ2) is 11.2. The molecule has 6 atom stereocenters. The first-order chi connectivity index (χ1) is 17.0. The van der Waals surface area contributed by atoms with Crippen LogP contribution in [0, 0.1) is 0 Å². The second-order valence-corrected chi connectivity index (χ2v) is 11.3. The van der Waals surface area contributed by atoms with Gasteiger partial charge in [0, 0.05) is 25.3 Å². The van der Waals surface area contributed by atoms with E-state index in [1.54, 1.807) is 27.7 Å². The standard InChI is InChI=1S/C23H36N2O10S/c1-22(2)32-17-13(31-21-19(18(17)33-22)34-23(3,4)35-21)12-30-16(27)5-7-25-15(26)11-14(20(25)28)36-10-9-29-8-6-24/h13-14,17-19,21H,5-12,24H2,1-4H3. The van der Waals surface area contributed by atoms with Crippen LogP contribution < -0.4 is 5.73 Å². The molecule has 0 radical (unpaired) electrons. The van der Waals surface area contributed by atoms with Gasteiger partial charge in [0.25, 0.3) is 0 Å². The lowest BCUT2D eigenvalue weighted by Crippen LogP contribution is -2.56. The van der Waals surface area contributed by atoms with Crippen molar-refractivity contribution >= 4 is 29.5 Å². The Morgan fingerprint density at radius 1 is 1.06 bits per heavy atom. The molecule has 4 aliphatic rings. The minimum absolute atomic E-state index is 0.0305. The minimum atomic E-state index is -0.854. The summed E-state index contributed by atoms with van der Waals surface area (Å²) in [5.74, 6) is -2.25. The Morgan fingerprint density at radius 2 is 1.75 bits per heavy atom. The predicted octanol–water partition coefficient (Wildman–Crippen LogP) is 0.152. The molecule has 36 heavy (non-hydrogen) atoms. The van der Waals surface area contributed by atoms with Crippen molar-refractivity contribution in [3.05, 3.63) is 0 Å². The fourth-order valence-corrected chi connectivity index (χ4v) is 5.76. The number of thioether (sulfide) groups is 1. The third kappa shape index (κ3) is 6.38. The molecular formula is C23H36N2O10S. The van der Waals surface area contributed by atoms with Crippen LogP contribution in [0.25, 0.3) is 0 Å². The predicted molar refractivity (Wildman–Crippen MR) is 126 cm³/mol. The Balaban J connectivity index is 1.24. The van der Waals surface area contributed by atoms with Gasteiger partial charge in [0.2, 0.25) is 11.8 Å². The molecule has 12 nitrogen and oxygen atoms in total. The fraction of sp³-hybridized carbons (Fsp3) is 0.870. The van der Waals surface area contributed by atoms with Crippen LogP contribution in [0.15, 0.2) is 0 Å². The van der Waals surface area contributed by atoms with Crippen LogP contribution in [0.1, 0.15) is 40.5 Å². The zero-order valence-electron chi connectivity index (χ0n) is 21.1. The Bertz CT molecular complexity index is 840. The van der Waals surface area contributed by atoms with Crippen LogP contribution >= 0.6 is 11.8 Å². The number of esters is 1. The number of nitrogens with two attached hydrogens (primary N) is 1. The summed E-state index contributed by atoms with van der Waals surface area (Å²) < 4.78 is 40.6. The number of rotatable bonds is 11. The molecule has 2 amide bonds. The number of hydrogen-bond acceptors (Lipinski definition) is 12. The normalized spacial score (nSPS) is 34.6. The number of carbonyl (C=O) groups is 3. The highest BCUT2D eigenvalue weighted by Gasteiger charge is 2.60. The second-order valence-electron chi connectivity index (χ2n) is 9.99. The van der Waals surface area contributed by atoms with Crippen LogP contribution in [-0.2, 0) is 47.5 Å². The van der Waals surface area contributed by atoms with E-state index in [1.165, 1.54) is 11.8 Å². The van der Waals surface area contributed by atoms with Crippen molar-refractivity contribution < 1.29 is 47.5 Å². The van der Waals surface area contributed by atoms with Gasteiger partial charge in [0.1, 0.15) is 31.0 Å². The first-order valence-corrected chi connectivity index (χ1v) is 13.3. The number of fused-ring (bicyclic) bond motifs is 3. The van der Waals surface area contributed by atoms with E-state index >= 15 is 0 Å². The van der Waals surface area contributed by atoms with E-state index in [0.29, 0.717) is 25.5 Å². The van der Waals surface area contributed by atoms with Gasteiger partial charge < -0.3 is 38.9 Å². The molecule has 4 aliphatic heterocycles. The number of carbonyl (C=O) groups excluding carboxylic acids is 3. The van der Waals surface area contributed by atoms with E-state index in [-0.39, 0.29) is 37.8 Å². The van der Waals surface area contributed by atoms with Crippen molar-refractivity contribution in [1.82, 2.24) is 4.90 Å². The van der Waals surface area contributed by atoms with Gasteiger partial charge in [-0.3, -0.25) is 19.3 Å². The summed E-state index contributed by atoms with van der Waals surface area (Å²) in [4.78, 5) is 38.5. The van der Waals surface area contributed by atoms with Gasteiger partial charge in [-0.25, -0.2) is 0 Å². The third-order valence-corrected chi connectivity index (χ3v) is 7.38. The molecule has 4 saturated heterocycles. The molecule has 0 aromatic heterocycles. The molecule has 0 spiro atoms. The van der Waals surface area contributed by atoms with Crippen LogP contribution in [0.3, 0.4) is 0 Å². The zero-order chi connectivity index (χ0) is 26.1. The minimum Gasteiger partial charge on any atom is -0.463 e. The largest absolute Gasteiger partial charge is 0.463 e. The molecule has 2 N–H and O–H groups in total. The van der Waals surface area contributed by atoms with E-state index in [1.807, 2.05) is 0 Å². The molecule has 0 aromatic rings. The van der Waals surface area contributed by atoms with Crippen molar-refractivity contribution in [1.29, 1.82) is 0 Å². The van der Waals surface area contributed by atoms with E-state index in [4.69, 9.17) is 38.9 Å². The highest BCUT2D eigenvalue weighted by molar-refractivity contribution is 8.00. The number of nitrogens with zero attached hydrogens (tertiary/aromatic N) is 1. The SMILES string of the molecule is CC1(C)OC2OC(COC(=O)CCN3C(=O)CC(SCCOCCN)C3=O)C3OC(C)(C)OC3C2O1. The summed E-state index contributed by atoms with van der Waals surface area (Å²) in [7, 11) is 0. The molecule has 6 unspecified atom stereocenters. The Labute approximate surface area is 214 Å². The van der Waals surface area contributed by atoms with Crippen molar-refractivity contribution in [2.24, 2.45) is 5.73 Å². The average Bonchev–Trinajstić information content (AvgIpc) is 3.39. The highest BCUT2D eigenvalue weighted by atomic mass is 32.2.